The molecule has 2 aliphatic rings. The molecule has 0 N–H and O–H groups in total. The predicted octanol–water partition coefficient (Wildman–Crippen LogP) is 2.66. The van der Waals surface area contributed by atoms with E-state index >= 15 is 0 Å². The highest BCUT2D eigenvalue weighted by Crippen LogP contribution is 2.38. The zero-order valence-corrected chi connectivity index (χ0v) is 16.0. The number of carbonyl (C=O) groups is 2. The van der Waals surface area contributed by atoms with Crippen LogP contribution in [-0.4, -0.2) is 46.3 Å². The molecule has 1 saturated heterocycles. The fourth-order valence-electron chi connectivity index (χ4n) is 4.03. The Bertz CT molecular complexity index is 846. The number of carbonyl (C=O) groups excluding carboxylic acids is 2. The van der Waals surface area contributed by atoms with Crippen LogP contribution in [0.3, 0.4) is 0 Å². The molecule has 7 heteroatoms. The molecule has 2 aromatic heterocycles. The second-order valence-electron chi connectivity index (χ2n) is 6.88. The summed E-state index contributed by atoms with van der Waals surface area (Å²) in [4.78, 5) is 28.2. The molecule has 0 bridgehead atoms. The molecule has 1 fully saturated rings. The maximum absolute atomic E-state index is 13.1. The van der Waals surface area contributed by atoms with Crippen LogP contribution in [0.5, 0.6) is 0 Å². The normalized spacial score (nSPS) is 16.9. The molecule has 0 unspecified atom stereocenters. The second-order valence-corrected chi connectivity index (χ2v) is 7.88. The van der Waals surface area contributed by atoms with E-state index in [1.807, 2.05) is 23.6 Å². The lowest BCUT2D eigenvalue weighted by Crippen LogP contribution is -2.41. The van der Waals surface area contributed by atoms with Crippen molar-refractivity contribution in [2.24, 2.45) is 13.0 Å². The SMILES string of the molecule is CCOC(=O)C1CCN(C(=O)c2nn(C)c3c2CCc2sccc2-3)CC1. The molecule has 6 nitrogen and oxygen atoms in total. The van der Waals surface area contributed by atoms with Gasteiger partial charge in [-0.2, -0.15) is 5.10 Å². The Labute approximate surface area is 156 Å². The average molecular weight is 373 g/mol. The summed E-state index contributed by atoms with van der Waals surface area (Å²) < 4.78 is 6.95. The first kappa shape index (κ1) is 17.3. The van der Waals surface area contributed by atoms with Crippen LogP contribution in [0, 0.1) is 5.92 Å². The number of hydrogen-bond acceptors (Lipinski definition) is 5. The van der Waals surface area contributed by atoms with Crippen molar-refractivity contribution in [3.05, 3.63) is 27.6 Å². The zero-order valence-electron chi connectivity index (χ0n) is 15.2. The van der Waals surface area contributed by atoms with Gasteiger partial charge >= 0.3 is 5.97 Å². The standard InChI is InChI=1S/C19H23N3O3S/c1-3-25-19(24)12-6-9-22(10-7-12)18(23)16-14-4-5-15-13(8-11-26-15)17(14)21(2)20-16/h8,11-12H,3-7,9-10H2,1-2H3. The van der Waals surface area contributed by atoms with Gasteiger partial charge in [-0.15, -0.1) is 11.3 Å². The molecule has 3 heterocycles. The number of amides is 1. The number of hydrogen-bond donors (Lipinski definition) is 0. The Balaban J connectivity index is 1.53. The Morgan fingerprint density at radius 1 is 1.31 bits per heavy atom. The minimum Gasteiger partial charge on any atom is -0.466 e. The van der Waals surface area contributed by atoms with Crippen molar-refractivity contribution in [1.82, 2.24) is 14.7 Å². The Hall–Kier alpha value is -2.15. The van der Waals surface area contributed by atoms with Crippen LogP contribution >= 0.6 is 11.3 Å². The number of likely N-dealkylation sites (tertiary alicyclic amines) is 1. The van der Waals surface area contributed by atoms with Gasteiger partial charge in [0.05, 0.1) is 18.2 Å². The van der Waals surface area contributed by atoms with Gasteiger partial charge in [0.1, 0.15) is 0 Å². The highest BCUT2D eigenvalue weighted by Gasteiger charge is 2.33. The Morgan fingerprint density at radius 2 is 2.08 bits per heavy atom. The van der Waals surface area contributed by atoms with Crippen LogP contribution in [0.25, 0.3) is 11.3 Å². The van der Waals surface area contributed by atoms with Crippen LogP contribution < -0.4 is 0 Å². The summed E-state index contributed by atoms with van der Waals surface area (Å²) in [5.74, 6) is -0.243. The van der Waals surface area contributed by atoms with E-state index < -0.39 is 0 Å². The Kier molecular flexibility index (Phi) is 4.56. The van der Waals surface area contributed by atoms with Crippen LogP contribution in [0.2, 0.25) is 0 Å². The van der Waals surface area contributed by atoms with E-state index in [0.717, 1.165) is 24.1 Å². The number of rotatable bonds is 3. The van der Waals surface area contributed by atoms with E-state index in [2.05, 4.69) is 16.5 Å². The third kappa shape index (κ3) is 2.84. The molecule has 0 aromatic carbocycles. The molecule has 0 atom stereocenters. The van der Waals surface area contributed by atoms with E-state index in [1.165, 1.54) is 10.4 Å². The number of aromatic nitrogens is 2. The first-order chi connectivity index (χ1) is 12.6. The molecular formula is C19H23N3O3S. The van der Waals surface area contributed by atoms with Crippen molar-refractivity contribution < 1.29 is 14.3 Å². The van der Waals surface area contributed by atoms with E-state index in [4.69, 9.17) is 4.74 Å². The second kappa shape index (κ2) is 6.87. The third-order valence-corrected chi connectivity index (χ3v) is 6.33. The number of aryl methyl sites for hydroxylation is 2. The summed E-state index contributed by atoms with van der Waals surface area (Å²) in [6.45, 7) is 3.39. The van der Waals surface area contributed by atoms with Crippen molar-refractivity contribution >= 4 is 23.2 Å². The summed E-state index contributed by atoms with van der Waals surface area (Å²) in [5, 5.41) is 6.67. The smallest absolute Gasteiger partial charge is 0.309 e. The molecule has 26 heavy (non-hydrogen) atoms. The van der Waals surface area contributed by atoms with Crippen LogP contribution in [-0.2, 0) is 29.4 Å². The lowest BCUT2D eigenvalue weighted by molar-refractivity contribution is -0.149. The summed E-state index contributed by atoms with van der Waals surface area (Å²) in [6.07, 6.45) is 3.15. The third-order valence-electron chi connectivity index (χ3n) is 5.35. The fraction of sp³-hybridized carbons (Fsp3) is 0.526. The average Bonchev–Trinajstić information content (AvgIpc) is 3.25. The van der Waals surface area contributed by atoms with Gasteiger partial charge in [0.25, 0.3) is 5.91 Å². The van der Waals surface area contributed by atoms with Crippen molar-refractivity contribution in [3.8, 4) is 11.3 Å². The van der Waals surface area contributed by atoms with Crippen LogP contribution in [0.4, 0.5) is 0 Å². The summed E-state index contributed by atoms with van der Waals surface area (Å²) in [5.41, 5.74) is 3.94. The van der Waals surface area contributed by atoms with E-state index in [9.17, 15) is 9.59 Å². The van der Waals surface area contributed by atoms with Crippen molar-refractivity contribution in [3.63, 3.8) is 0 Å². The molecule has 4 rings (SSSR count). The predicted molar refractivity (Wildman–Crippen MR) is 99.2 cm³/mol. The maximum Gasteiger partial charge on any atom is 0.309 e. The summed E-state index contributed by atoms with van der Waals surface area (Å²) in [7, 11) is 1.91. The molecule has 0 spiro atoms. The van der Waals surface area contributed by atoms with Crippen molar-refractivity contribution in [2.75, 3.05) is 19.7 Å². The van der Waals surface area contributed by atoms with Gasteiger partial charge in [0.15, 0.2) is 5.69 Å². The number of fused-ring (bicyclic) bond motifs is 3. The van der Waals surface area contributed by atoms with Gasteiger partial charge < -0.3 is 9.64 Å². The lowest BCUT2D eigenvalue weighted by atomic mass is 9.93. The summed E-state index contributed by atoms with van der Waals surface area (Å²) >= 11 is 1.77. The molecule has 1 amide bonds. The zero-order chi connectivity index (χ0) is 18.3. The van der Waals surface area contributed by atoms with Crippen LogP contribution in [0.15, 0.2) is 11.4 Å². The van der Waals surface area contributed by atoms with Gasteiger partial charge in [-0.05, 0) is 44.1 Å². The minimum atomic E-state index is -0.139. The first-order valence-corrected chi connectivity index (χ1v) is 10.1. The fourth-order valence-corrected chi connectivity index (χ4v) is 4.91. The highest BCUT2D eigenvalue weighted by atomic mass is 32.1. The van der Waals surface area contributed by atoms with Gasteiger partial charge in [-0.25, -0.2) is 0 Å². The lowest BCUT2D eigenvalue weighted by Gasteiger charge is -2.30. The Morgan fingerprint density at radius 3 is 2.81 bits per heavy atom. The molecule has 0 saturated carbocycles. The summed E-state index contributed by atoms with van der Waals surface area (Å²) in [6, 6.07) is 2.12. The quantitative estimate of drug-likeness (QED) is 0.776. The van der Waals surface area contributed by atoms with Gasteiger partial charge in [-0.1, -0.05) is 0 Å². The van der Waals surface area contributed by atoms with Crippen molar-refractivity contribution in [2.45, 2.75) is 32.6 Å². The van der Waals surface area contributed by atoms with Gasteiger partial charge in [-0.3, -0.25) is 14.3 Å². The number of ether oxygens (including phenoxy) is 1. The monoisotopic (exact) mass is 373 g/mol. The first-order valence-electron chi connectivity index (χ1n) is 9.18. The molecular weight excluding hydrogens is 350 g/mol. The van der Waals surface area contributed by atoms with Crippen LogP contribution in [0.1, 0.15) is 40.7 Å². The van der Waals surface area contributed by atoms with E-state index in [0.29, 0.717) is 38.2 Å². The maximum atomic E-state index is 13.1. The number of nitrogens with zero attached hydrogens (tertiary/aromatic N) is 3. The molecule has 1 aliphatic heterocycles. The molecule has 0 radical (unpaired) electrons. The van der Waals surface area contributed by atoms with E-state index in [1.54, 1.807) is 11.3 Å². The highest BCUT2D eigenvalue weighted by molar-refractivity contribution is 7.10. The number of esters is 1. The van der Waals surface area contributed by atoms with Gasteiger partial charge in [0.2, 0.25) is 0 Å². The number of piperidine rings is 1. The number of thiophene rings is 1. The molecule has 138 valence electrons. The topological polar surface area (TPSA) is 64.4 Å². The largest absolute Gasteiger partial charge is 0.466 e. The molecule has 2 aromatic rings. The van der Waals surface area contributed by atoms with Crippen molar-refractivity contribution in [1.29, 1.82) is 0 Å². The van der Waals surface area contributed by atoms with Gasteiger partial charge in [0, 0.05) is 36.1 Å². The molecule has 1 aliphatic carbocycles. The minimum absolute atomic E-state index is 0.0113. The van der Waals surface area contributed by atoms with E-state index in [-0.39, 0.29) is 17.8 Å².